The second kappa shape index (κ2) is 6.55. The van der Waals surface area contributed by atoms with Crippen LogP contribution in [0.2, 0.25) is 0 Å². The molecule has 0 aliphatic heterocycles. The molecule has 18 heavy (non-hydrogen) atoms. The molecule has 2 unspecified atom stereocenters. The number of ether oxygens (including phenoxy) is 1. The molecule has 0 bridgehead atoms. The summed E-state index contributed by atoms with van der Waals surface area (Å²) in [6.45, 7) is 6.11. The molecule has 2 atom stereocenters. The molecule has 0 fully saturated rings. The van der Waals surface area contributed by atoms with E-state index in [4.69, 9.17) is 4.74 Å². The highest BCUT2D eigenvalue weighted by Crippen LogP contribution is 2.27. The number of methoxy groups -OCH3 is 1. The highest BCUT2D eigenvalue weighted by atomic mass is 16.5. The SMILES string of the molecule is CCC(C(=O)OC)C(O)c1ccc(C(C)C)cc1. The molecule has 0 aromatic heterocycles. The van der Waals surface area contributed by atoms with Crippen LogP contribution < -0.4 is 0 Å². The summed E-state index contributed by atoms with van der Waals surface area (Å²) >= 11 is 0. The van der Waals surface area contributed by atoms with E-state index in [-0.39, 0.29) is 5.97 Å². The van der Waals surface area contributed by atoms with E-state index < -0.39 is 12.0 Å². The van der Waals surface area contributed by atoms with Crippen LogP contribution in [0.3, 0.4) is 0 Å². The number of aliphatic hydroxyl groups is 1. The van der Waals surface area contributed by atoms with E-state index in [1.54, 1.807) is 0 Å². The number of rotatable bonds is 5. The van der Waals surface area contributed by atoms with Crippen LogP contribution >= 0.6 is 0 Å². The number of carbonyl (C=O) groups excluding carboxylic acids is 1. The zero-order chi connectivity index (χ0) is 13.7. The standard InChI is InChI=1S/C15H22O3/c1-5-13(15(17)18-4)14(16)12-8-6-11(7-9-12)10(2)3/h6-10,13-14,16H,5H2,1-4H3. The Labute approximate surface area is 109 Å². The van der Waals surface area contributed by atoms with Crippen molar-refractivity contribution in [2.75, 3.05) is 7.11 Å². The number of carbonyl (C=O) groups is 1. The van der Waals surface area contributed by atoms with E-state index in [1.165, 1.54) is 12.7 Å². The van der Waals surface area contributed by atoms with Gasteiger partial charge in [-0.1, -0.05) is 45.0 Å². The highest BCUT2D eigenvalue weighted by Gasteiger charge is 2.27. The number of aliphatic hydroxyl groups excluding tert-OH is 1. The monoisotopic (exact) mass is 250 g/mol. The van der Waals surface area contributed by atoms with Crippen LogP contribution in [0.25, 0.3) is 0 Å². The van der Waals surface area contributed by atoms with Crippen LogP contribution in [-0.4, -0.2) is 18.2 Å². The molecule has 0 saturated heterocycles. The lowest BCUT2D eigenvalue weighted by atomic mass is 9.92. The average Bonchev–Trinajstić information content (AvgIpc) is 2.39. The Kier molecular flexibility index (Phi) is 5.35. The van der Waals surface area contributed by atoms with Crippen molar-refractivity contribution in [3.8, 4) is 0 Å². The van der Waals surface area contributed by atoms with Crippen molar-refractivity contribution in [1.29, 1.82) is 0 Å². The van der Waals surface area contributed by atoms with E-state index in [0.717, 1.165) is 5.56 Å². The smallest absolute Gasteiger partial charge is 0.311 e. The molecule has 0 radical (unpaired) electrons. The van der Waals surface area contributed by atoms with Crippen LogP contribution in [0.5, 0.6) is 0 Å². The zero-order valence-electron chi connectivity index (χ0n) is 11.5. The molecule has 0 aliphatic carbocycles. The lowest BCUT2D eigenvalue weighted by molar-refractivity contribution is -0.149. The van der Waals surface area contributed by atoms with Crippen LogP contribution in [0.15, 0.2) is 24.3 Å². The normalized spacial score (nSPS) is 14.3. The van der Waals surface area contributed by atoms with Gasteiger partial charge in [0.05, 0.1) is 19.1 Å². The van der Waals surface area contributed by atoms with Gasteiger partial charge in [0.1, 0.15) is 0 Å². The average molecular weight is 250 g/mol. The van der Waals surface area contributed by atoms with Gasteiger partial charge in [0.15, 0.2) is 0 Å². The van der Waals surface area contributed by atoms with Crippen molar-refractivity contribution in [2.24, 2.45) is 5.92 Å². The van der Waals surface area contributed by atoms with E-state index >= 15 is 0 Å². The molecule has 0 saturated carbocycles. The van der Waals surface area contributed by atoms with Crippen LogP contribution in [0.1, 0.15) is 50.3 Å². The van der Waals surface area contributed by atoms with Gasteiger partial charge < -0.3 is 9.84 Å². The molecule has 0 amide bonds. The van der Waals surface area contributed by atoms with Crippen molar-refractivity contribution in [3.63, 3.8) is 0 Å². The first-order chi connectivity index (χ1) is 8.51. The molecule has 1 aromatic rings. The Hall–Kier alpha value is -1.35. The number of esters is 1. The maximum Gasteiger partial charge on any atom is 0.311 e. The Morgan fingerprint density at radius 3 is 2.11 bits per heavy atom. The third-order valence-corrected chi connectivity index (χ3v) is 3.27. The number of hydrogen-bond donors (Lipinski definition) is 1. The topological polar surface area (TPSA) is 46.5 Å². The van der Waals surface area contributed by atoms with E-state index in [1.807, 2.05) is 31.2 Å². The van der Waals surface area contributed by atoms with Crippen molar-refractivity contribution >= 4 is 5.97 Å². The Morgan fingerprint density at radius 1 is 1.22 bits per heavy atom. The molecule has 1 N–H and O–H groups in total. The number of hydrogen-bond acceptors (Lipinski definition) is 3. The molecule has 1 rings (SSSR count). The Bertz CT molecular complexity index is 381. The summed E-state index contributed by atoms with van der Waals surface area (Å²) < 4.78 is 4.71. The first kappa shape index (κ1) is 14.7. The molecule has 100 valence electrons. The third-order valence-electron chi connectivity index (χ3n) is 3.27. The predicted octanol–water partition coefficient (Wildman–Crippen LogP) is 3.04. The zero-order valence-corrected chi connectivity index (χ0v) is 11.5. The Balaban J connectivity index is 2.88. The van der Waals surface area contributed by atoms with Gasteiger partial charge in [-0.05, 0) is 23.5 Å². The van der Waals surface area contributed by atoms with Gasteiger partial charge in [-0.2, -0.15) is 0 Å². The predicted molar refractivity (Wildman–Crippen MR) is 71.3 cm³/mol. The molecule has 0 heterocycles. The van der Waals surface area contributed by atoms with Crippen molar-refractivity contribution in [2.45, 2.75) is 39.2 Å². The maximum atomic E-state index is 11.6. The lowest BCUT2D eigenvalue weighted by Crippen LogP contribution is -2.23. The van der Waals surface area contributed by atoms with Crippen molar-refractivity contribution in [3.05, 3.63) is 35.4 Å². The summed E-state index contributed by atoms with van der Waals surface area (Å²) in [6.07, 6.45) is -0.247. The molecular formula is C15H22O3. The molecule has 0 aliphatic rings. The number of benzene rings is 1. The summed E-state index contributed by atoms with van der Waals surface area (Å²) in [5.41, 5.74) is 1.98. The van der Waals surface area contributed by atoms with E-state index in [2.05, 4.69) is 13.8 Å². The summed E-state index contributed by atoms with van der Waals surface area (Å²) in [4.78, 5) is 11.6. The fourth-order valence-electron chi connectivity index (χ4n) is 1.98. The fourth-order valence-corrected chi connectivity index (χ4v) is 1.98. The summed E-state index contributed by atoms with van der Waals surface area (Å²) in [7, 11) is 1.35. The summed E-state index contributed by atoms with van der Waals surface area (Å²) in [6, 6.07) is 7.75. The molecule has 3 heteroatoms. The van der Waals surface area contributed by atoms with Crippen LogP contribution in [0, 0.1) is 5.92 Å². The first-order valence-corrected chi connectivity index (χ1v) is 6.37. The highest BCUT2D eigenvalue weighted by molar-refractivity contribution is 5.73. The van der Waals surface area contributed by atoms with Gasteiger partial charge in [0.2, 0.25) is 0 Å². The van der Waals surface area contributed by atoms with Crippen molar-refractivity contribution in [1.82, 2.24) is 0 Å². The van der Waals surface area contributed by atoms with Gasteiger partial charge in [-0.15, -0.1) is 0 Å². The minimum Gasteiger partial charge on any atom is -0.469 e. The van der Waals surface area contributed by atoms with E-state index in [0.29, 0.717) is 12.3 Å². The third kappa shape index (κ3) is 3.33. The minimum atomic E-state index is -0.802. The fraction of sp³-hybridized carbons (Fsp3) is 0.533. The second-order valence-corrected chi connectivity index (χ2v) is 4.80. The van der Waals surface area contributed by atoms with Gasteiger partial charge in [-0.3, -0.25) is 4.79 Å². The van der Waals surface area contributed by atoms with E-state index in [9.17, 15) is 9.90 Å². The molecule has 3 nitrogen and oxygen atoms in total. The summed E-state index contributed by atoms with van der Waals surface area (Å²) in [5.74, 6) is -0.406. The Morgan fingerprint density at radius 2 is 1.72 bits per heavy atom. The van der Waals surface area contributed by atoms with Gasteiger partial charge in [-0.25, -0.2) is 0 Å². The van der Waals surface area contributed by atoms with Crippen molar-refractivity contribution < 1.29 is 14.6 Å². The summed E-state index contributed by atoms with van der Waals surface area (Å²) in [5, 5.41) is 10.2. The molecule has 1 aromatic carbocycles. The first-order valence-electron chi connectivity index (χ1n) is 6.37. The van der Waals surface area contributed by atoms with Crippen LogP contribution in [-0.2, 0) is 9.53 Å². The molecular weight excluding hydrogens is 228 g/mol. The maximum absolute atomic E-state index is 11.6. The largest absolute Gasteiger partial charge is 0.469 e. The molecule has 0 spiro atoms. The lowest BCUT2D eigenvalue weighted by Gasteiger charge is -2.20. The quantitative estimate of drug-likeness (QED) is 0.817. The second-order valence-electron chi connectivity index (χ2n) is 4.80. The van der Waals surface area contributed by atoms with Gasteiger partial charge >= 0.3 is 5.97 Å². The van der Waals surface area contributed by atoms with Crippen LogP contribution in [0.4, 0.5) is 0 Å². The van der Waals surface area contributed by atoms with Gasteiger partial charge in [0.25, 0.3) is 0 Å². The van der Waals surface area contributed by atoms with Gasteiger partial charge in [0, 0.05) is 0 Å². The minimum absolute atomic E-state index is 0.363.